The van der Waals surface area contributed by atoms with Crippen LogP contribution in [-0.4, -0.2) is 227 Å². The second kappa shape index (κ2) is 22.6. The SMILES string of the molecule is C/C=C(\C)C(=O)O[C@H]1[C@H](OC(C)=O)[C@]2(CO)[C@H](O)CC3(C)C(=CC[C@@H]4[C@@]5(C)CC[C@H](O[C@@H]6O[C@H](C(=O)O)[C@@H](O[C@@H]7O[C@H](CO)[C@@H](O)[C@H](O)[C@H]7O)[C@H](O)[C@H]6O[C@@H]6O[C@H](CO)[C@@H](O)[C@H](O)[C@H]6O)[C@](C)(CO)[C@@H]5CC[C@]43C)[C@@H]2CC1(C)C. The van der Waals surface area contributed by atoms with E-state index >= 15 is 0 Å². The number of carboxylic acid groups (broad SMARTS) is 1. The van der Waals surface area contributed by atoms with Crippen LogP contribution >= 0.6 is 0 Å². The Morgan fingerprint density at radius 2 is 1.24 bits per heavy atom. The standard InChI is InChI=1S/C55H86O24/c1-10-23(2)46(71)79-43-44(72-24(3)60)55(22-59)26(17-50(43,4)5)25-11-12-30-51(6)15-14-32(52(7,21-58)29(51)13-16-53(30,8)54(25,9)18-31(55)61)75-49-41(77-48-38(67)36(65)34(63)28(20-57)74-48)39(68)40(42(78-49)45(69)70)76-47-37(66)35(64)33(62)27(19-56)73-47/h10-11,26-44,47-49,56-59,61-68H,12-22H2,1-9H3,(H,69,70)/b23-10+/t26-,27+,28+,29+,30+,31+,32-,33+,34+,35-,36-,37+,38+,39-,40-,41+,42-,43-,44-,47-,48-,49+,51-,52+,53+,54?,55-/m0/s1. The summed E-state index contributed by atoms with van der Waals surface area (Å²) in [6, 6.07) is 0. The summed E-state index contributed by atoms with van der Waals surface area (Å²) in [7, 11) is 0. The molecular weight excluding hydrogens is 1040 g/mol. The topological polar surface area (TPSA) is 388 Å². The van der Waals surface area contributed by atoms with Gasteiger partial charge in [0.1, 0.15) is 79.4 Å². The van der Waals surface area contributed by atoms with Gasteiger partial charge in [0.25, 0.3) is 0 Å². The van der Waals surface area contributed by atoms with Gasteiger partial charge in [0.15, 0.2) is 25.0 Å². The summed E-state index contributed by atoms with van der Waals surface area (Å²) in [4.78, 5) is 39.5. The number of carbonyl (C=O) groups excluding carboxylic acids is 2. The summed E-state index contributed by atoms with van der Waals surface area (Å²) >= 11 is 0. The van der Waals surface area contributed by atoms with Gasteiger partial charge in [-0.05, 0) is 92.8 Å². The molecule has 13 N–H and O–H groups in total. The summed E-state index contributed by atoms with van der Waals surface area (Å²) in [5.74, 6) is -3.88. The highest BCUT2D eigenvalue weighted by atomic mass is 16.8. The lowest BCUT2D eigenvalue weighted by atomic mass is 9.33. The van der Waals surface area contributed by atoms with Gasteiger partial charge in [-0.3, -0.25) is 4.79 Å². The fourth-order valence-corrected chi connectivity index (χ4v) is 16.2. The molecule has 3 aliphatic heterocycles. The molecule has 3 saturated heterocycles. The zero-order chi connectivity index (χ0) is 58.4. The number of hydrogen-bond donors (Lipinski definition) is 13. The molecule has 0 amide bonds. The Morgan fingerprint density at radius 3 is 1.76 bits per heavy atom. The van der Waals surface area contributed by atoms with Crippen molar-refractivity contribution in [1.29, 1.82) is 0 Å². The van der Waals surface area contributed by atoms with E-state index in [1.165, 1.54) is 6.92 Å². The van der Waals surface area contributed by atoms with Gasteiger partial charge in [0.05, 0.1) is 44.1 Å². The largest absolute Gasteiger partial charge is 0.479 e. The molecule has 24 nitrogen and oxygen atoms in total. The molecule has 24 heteroatoms. The fourth-order valence-electron chi connectivity index (χ4n) is 16.2. The number of rotatable bonds is 14. The third-order valence-corrected chi connectivity index (χ3v) is 21.1. The maximum absolute atomic E-state index is 13.4. The lowest BCUT2D eigenvalue weighted by Gasteiger charge is -2.72. The molecule has 0 aromatic carbocycles. The predicted octanol–water partition coefficient (Wildman–Crippen LogP) is -1.32. The van der Waals surface area contributed by atoms with Crippen LogP contribution in [0, 0.1) is 50.2 Å². The van der Waals surface area contributed by atoms with Gasteiger partial charge < -0.3 is 104 Å². The first-order chi connectivity index (χ1) is 36.9. The van der Waals surface area contributed by atoms with Gasteiger partial charge in [-0.2, -0.15) is 0 Å². The average molecular weight is 1130 g/mol. The zero-order valence-corrected chi connectivity index (χ0v) is 46.4. The number of allylic oxidation sites excluding steroid dienone is 3. The average Bonchev–Trinajstić information content (AvgIpc) is 3.29. The number of aliphatic hydroxyl groups excluding tert-OH is 12. The highest BCUT2D eigenvalue weighted by Gasteiger charge is 2.74. The van der Waals surface area contributed by atoms with Crippen LogP contribution in [0.1, 0.15) is 107 Å². The Labute approximate surface area is 459 Å². The molecule has 0 radical (unpaired) electrons. The van der Waals surface area contributed by atoms with E-state index in [1.54, 1.807) is 19.9 Å². The third kappa shape index (κ3) is 9.94. The Kier molecular flexibility index (Phi) is 17.8. The molecule has 79 heavy (non-hydrogen) atoms. The van der Waals surface area contributed by atoms with Crippen molar-refractivity contribution in [3.8, 4) is 0 Å². The van der Waals surface area contributed by atoms with Crippen LogP contribution in [0.2, 0.25) is 0 Å². The highest BCUT2D eigenvalue weighted by Crippen LogP contribution is 2.76. The third-order valence-electron chi connectivity index (χ3n) is 21.1. The molecule has 27 atom stereocenters. The van der Waals surface area contributed by atoms with Gasteiger partial charge >= 0.3 is 17.9 Å². The minimum Gasteiger partial charge on any atom is -0.479 e. The van der Waals surface area contributed by atoms with Crippen molar-refractivity contribution < 1.29 is 119 Å². The van der Waals surface area contributed by atoms with E-state index in [1.807, 2.05) is 20.8 Å². The van der Waals surface area contributed by atoms with E-state index < -0.39 is 199 Å². The van der Waals surface area contributed by atoms with Crippen molar-refractivity contribution in [2.45, 2.75) is 224 Å². The monoisotopic (exact) mass is 1130 g/mol. The lowest BCUT2D eigenvalue weighted by molar-refractivity contribution is -0.392. The molecule has 5 aliphatic carbocycles. The molecule has 8 aliphatic rings. The predicted molar refractivity (Wildman–Crippen MR) is 269 cm³/mol. The molecule has 8 rings (SSSR count). The number of ether oxygens (including phenoxy) is 8. The summed E-state index contributed by atoms with van der Waals surface area (Å²) in [6.07, 6.45) is -26.5. The molecular formula is C55H86O24. The van der Waals surface area contributed by atoms with E-state index in [9.17, 15) is 80.8 Å². The Bertz CT molecular complexity index is 2290. The van der Waals surface area contributed by atoms with E-state index in [0.717, 1.165) is 5.57 Å². The van der Waals surface area contributed by atoms with Gasteiger partial charge in [0, 0.05) is 23.3 Å². The highest BCUT2D eigenvalue weighted by molar-refractivity contribution is 5.87. The first-order valence-electron chi connectivity index (χ1n) is 27.7. The van der Waals surface area contributed by atoms with Crippen LogP contribution < -0.4 is 0 Å². The molecule has 0 aromatic heterocycles. The normalized spacial score (nSPS) is 50.6. The van der Waals surface area contributed by atoms with E-state index in [-0.39, 0.29) is 24.7 Å². The first kappa shape index (κ1) is 62.2. The maximum Gasteiger partial charge on any atom is 0.335 e. The molecule has 0 spiro atoms. The quantitative estimate of drug-likeness (QED) is 0.0415. The van der Waals surface area contributed by atoms with Crippen molar-refractivity contribution in [1.82, 2.24) is 0 Å². The van der Waals surface area contributed by atoms with Gasteiger partial charge in [-0.25, -0.2) is 9.59 Å². The van der Waals surface area contributed by atoms with Crippen LogP contribution in [0.15, 0.2) is 23.3 Å². The van der Waals surface area contributed by atoms with Gasteiger partial charge in [0.2, 0.25) is 0 Å². The van der Waals surface area contributed by atoms with Crippen LogP contribution in [0.3, 0.4) is 0 Å². The van der Waals surface area contributed by atoms with Crippen molar-refractivity contribution in [3.05, 3.63) is 23.3 Å². The van der Waals surface area contributed by atoms with Crippen molar-refractivity contribution >= 4 is 17.9 Å². The van der Waals surface area contributed by atoms with Gasteiger partial charge in [-0.15, -0.1) is 0 Å². The Balaban J connectivity index is 1.12. The van der Waals surface area contributed by atoms with Crippen LogP contribution in [-0.2, 0) is 52.3 Å². The Morgan fingerprint density at radius 1 is 0.658 bits per heavy atom. The lowest BCUT2D eigenvalue weighted by Crippen LogP contribution is -2.72. The second-order valence-corrected chi connectivity index (χ2v) is 25.5. The molecule has 450 valence electrons. The number of aliphatic carboxylic acids is 1. The molecule has 0 bridgehead atoms. The fraction of sp³-hybridized carbons (Fsp3) is 0.873. The van der Waals surface area contributed by atoms with Crippen molar-refractivity contribution in [2.24, 2.45) is 50.2 Å². The van der Waals surface area contributed by atoms with E-state index in [4.69, 9.17) is 37.9 Å². The van der Waals surface area contributed by atoms with Crippen LogP contribution in [0.4, 0.5) is 0 Å². The smallest absolute Gasteiger partial charge is 0.335 e. The van der Waals surface area contributed by atoms with Crippen LogP contribution in [0.25, 0.3) is 0 Å². The van der Waals surface area contributed by atoms with E-state index in [0.29, 0.717) is 37.7 Å². The van der Waals surface area contributed by atoms with Crippen LogP contribution in [0.5, 0.6) is 0 Å². The number of fused-ring (bicyclic) bond motifs is 7. The summed E-state index contributed by atoms with van der Waals surface area (Å²) in [6.45, 7) is 14.1. The summed E-state index contributed by atoms with van der Waals surface area (Å²) < 4.78 is 48.2. The zero-order valence-electron chi connectivity index (χ0n) is 46.4. The Hall–Kier alpha value is -2.83. The summed E-state index contributed by atoms with van der Waals surface area (Å²) in [5.41, 5.74) is -3.78. The molecule has 0 aromatic rings. The molecule has 3 heterocycles. The number of aliphatic hydroxyl groups is 12. The minimum atomic E-state index is -2.18. The number of carbonyl (C=O) groups is 3. The molecule has 7 fully saturated rings. The first-order valence-corrected chi connectivity index (χ1v) is 27.7. The molecule has 4 saturated carbocycles. The van der Waals surface area contributed by atoms with Crippen molar-refractivity contribution in [2.75, 3.05) is 26.4 Å². The molecule has 1 unspecified atom stereocenters. The number of esters is 2. The number of hydrogen-bond acceptors (Lipinski definition) is 23. The summed E-state index contributed by atoms with van der Waals surface area (Å²) in [5, 5.41) is 143. The van der Waals surface area contributed by atoms with E-state index in [2.05, 4.69) is 26.8 Å². The minimum absolute atomic E-state index is 0.0849. The van der Waals surface area contributed by atoms with Crippen molar-refractivity contribution in [3.63, 3.8) is 0 Å². The number of carboxylic acids is 1. The second-order valence-electron chi connectivity index (χ2n) is 25.5. The van der Waals surface area contributed by atoms with Gasteiger partial charge in [-0.1, -0.05) is 59.3 Å². The maximum atomic E-state index is 13.4.